The first-order valence-corrected chi connectivity index (χ1v) is 3.74. The number of carboxylic acids is 1. The highest BCUT2D eigenvalue weighted by molar-refractivity contribution is 5.87. The zero-order valence-electron chi connectivity index (χ0n) is 7.21. The summed E-state index contributed by atoms with van der Waals surface area (Å²) < 4.78 is 5.97. The molecule has 0 radical (unpaired) electrons. The number of carboxylic acid groups (broad SMARTS) is 1. The Morgan fingerprint density at radius 3 is 2.43 bits per heavy atom. The second-order valence-corrected chi connectivity index (χ2v) is 2.50. The van der Waals surface area contributed by atoms with Gasteiger partial charge in [0.05, 0.1) is 5.56 Å². The molecule has 14 heavy (non-hydrogen) atoms. The summed E-state index contributed by atoms with van der Waals surface area (Å²) in [5, 5.41) is 8.58. The van der Waals surface area contributed by atoms with Gasteiger partial charge in [-0.2, -0.15) is 4.57 Å². The normalized spacial score (nSPS) is 9.43. The van der Waals surface area contributed by atoms with E-state index in [1.54, 1.807) is 0 Å². The van der Waals surface area contributed by atoms with E-state index in [4.69, 9.17) is 10.8 Å². The van der Waals surface area contributed by atoms with Crippen molar-refractivity contribution in [2.24, 2.45) is 5.73 Å². The van der Waals surface area contributed by atoms with Crippen LogP contribution in [0.25, 0.3) is 0 Å². The number of hydrogen-bond donors (Lipinski definition) is 2. The fourth-order valence-corrected chi connectivity index (χ4v) is 0.824. The standard InChI is InChI=1S/C8H8N2O4/c9-8(13)14-5-10-3-1-6(2-4-10)7(11)12/h1-4H,5H2,(H2-,9,11,12,13)/p+1. The number of aromatic carboxylic acids is 1. The third-order valence-corrected chi connectivity index (χ3v) is 1.49. The highest BCUT2D eigenvalue weighted by Gasteiger charge is 2.06. The Morgan fingerprint density at radius 1 is 1.43 bits per heavy atom. The molecule has 1 aromatic rings. The molecule has 0 atom stereocenters. The smallest absolute Gasteiger partial charge is 0.409 e. The minimum Gasteiger partial charge on any atom is -0.478 e. The van der Waals surface area contributed by atoms with Crippen LogP contribution in [0.15, 0.2) is 24.5 Å². The Kier molecular flexibility index (Phi) is 3.01. The lowest BCUT2D eigenvalue weighted by molar-refractivity contribution is -0.727. The number of hydrogen-bond acceptors (Lipinski definition) is 3. The highest BCUT2D eigenvalue weighted by atomic mass is 16.6. The van der Waals surface area contributed by atoms with Gasteiger partial charge in [-0.05, 0) is 0 Å². The van der Waals surface area contributed by atoms with Gasteiger partial charge in [-0.25, -0.2) is 9.59 Å². The Balaban J connectivity index is 2.64. The number of carbonyl (C=O) groups excluding carboxylic acids is 1. The zero-order valence-corrected chi connectivity index (χ0v) is 7.21. The Morgan fingerprint density at radius 2 is 2.00 bits per heavy atom. The molecule has 0 aromatic carbocycles. The van der Waals surface area contributed by atoms with Crippen LogP contribution in [-0.4, -0.2) is 17.2 Å². The van der Waals surface area contributed by atoms with Crippen molar-refractivity contribution in [3.8, 4) is 0 Å². The molecule has 6 nitrogen and oxygen atoms in total. The van der Waals surface area contributed by atoms with Gasteiger partial charge in [0.1, 0.15) is 0 Å². The summed E-state index contributed by atoms with van der Waals surface area (Å²) in [5.74, 6) is -1.01. The molecule has 3 N–H and O–H groups in total. The number of nitrogens with zero attached hydrogens (tertiary/aromatic N) is 1. The van der Waals surface area contributed by atoms with Crippen molar-refractivity contribution in [2.45, 2.75) is 6.73 Å². The van der Waals surface area contributed by atoms with Crippen LogP contribution in [0.3, 0.4) is 0 Å². The predicted octanol–water partition coefficient (Wildman–Crippen LogP) is -0.275. The monoisotopic (exact) mass is 197 g/mol. The summed E-state index contributed by atoms with van der Waals surface area (Å²) in [6, 6.07) is 2.79. The van der Waals surface area contributed by atoms with Crippen LogP contribution in [0, 0.1) is 0 Å². The molecule has 0 bridgehead atoms. The number of amides is 1. The minimum absolute atomic E-state index is 0.0325. The van der Waals surface area contributed by atoms with Crippen LogP contribution in [0.4, 0.5) is 4.79 Å². The highest BCUT2D eigenvalue weighted by Crippen LogP contribution is 1.93. The van der Waals surface area contributed by atoms with Gasteiger partial charge >= 0.3 is 12.1 Å². The molecule has 74 valence electrons. The maximum atomic E-state index is 10.5. The summed E-state index contributed by atoms with van der Waals surface area (Å²) in [4.78, 5) is 20.7. The van der Waals surface area contributed by atoms with Crippen LogP contribution < -0.4 is 10.3 Å². The number of pyridine rings is 1. The Labute approximate surface area is 79.5 Å². The van der Waals surface area contributed by atoms with Gasteiger partial charge in [0.2, 0.25) is 0 Å². The molecule has 1 heterocycles. The third-order valence-electron chi connectivity index (χ3n) is 1.49. The van der Waals surface area contributed by atoms with Crippen molar-refractivity contribution >= 4 is 12.1 Å². The van der Waals surface area contributed by atoms with E-state index < -0.39 is 12.1 Å². The number of rotatable bonds is 3. The molecule has 0 saturated heterocycles. The van der Waals surface area contributed by atoms with E-state index in [0.717, 1.165) is 0 Å². The van der Waals surface area contributed by atoms with Crippen molar-refractivity contribution < 1.29 is 24.0 Å². The molecular formula is C8H9N2O4+. The molecule has 0 aliphatic carbocycles. The van der Waals surface area contributed by atoms with Gasteiger partial charge in [-0.15, -0.1) is 0 Å². The van der Waals surface area contributed by atoms with E-state index in [-0.39, 0.29) is 12.3 Å². The number of aromatic nitrogens is 1. The van der Waals surface area contributed by atoms with E-state index in [2.05, 4.69) is 4.74 Å². The molecule has 1 amide bonds. The Bertz CT molecular complexity index is 347. The third kappa shape index (κ3) is 2.74. The quantitative estimate of drug-likeness (QED) is 0.652. The molecule has 0 spiro atoms. The summed E-state index contributed by atoms with van der Waals surface area (Å²) in [5.41, 5.74) is 4.92. The van der Waals surface area contributed by atoms with Crippen molar-refractivity contribution in [1.82, 2.24) is 0 Å². The van der Waals surface area contributed by atoms with Gasteiger partial charge in [0, 0.05) is 12.1 Å². The number of nitrogens with two attached hydrogens (primary N) is 1. The lowest BCUT2D eigenvalue weighted by Crippen LogP contribution is -2.36. The number of ether oxygens (including phenoxy) is 1. The topological polar surface area (TPSA) is 93.5 Å². The summed E-state index contributed by atoms with van der Waals surface area (Å²) in [6.07, 6.45) is 2.08. The average molecular weight is 197 g/mol. The van der Waals surface area contributed by atoms with Gasteiger partial charge in [0.25, 0.3) is 6.73 Å². The molecule has 0 aliphatic rings. The van der Waals surface area contributed by atoms with E-state index in [0.29, 0.717) is 0 Å². The first kappa shape index (κ1) is 9.97. The van der Waals surface area contributed by atoms with Crippen LogP contribution in [0.5, 0.6) is 0 Å². The van der Waals surface area contributed by atoms with Gasteiger partial charge in [0.15, 0.2) is 12.4 Å². The molecule has 6 heteroatoms. The second kappa shape index (κ2) is 4.22. The molecule has 0 unspecified atom stereocenters. The predicted molar refractivity (Wildman–Crippen MR) is 44.3 cm³/mol. The van der Waals surface area contributed by atoms with Gasteiger partial charge < -0.3 is 15.6 Å². The van der Waals surface area contributed by atoms with Gasteiger partial charge in [-0.3, -0.25) is 0 Å². The van der Waals surface area contributed by atoms with Crippen LogP contribution in [-0.2, 0) is 11.5 Å². The fraction of sp³-hybridized carbons (Fsp3) is 0.125. The molecule has 1 aromatic heterocycles. The molecule has 0 fully saturated rings. The summed E-state index contributed by atoms with van der Waals surface area (Å²) in [7, 11) is 0. The average Bonchev–Trinajstić information content (AvgIpc) is 2.15. The van der Waals surface area contributed by atoms with Crippen molar-refractivity contribution in [1.29, 1.82) is 0 Å². The number of carbonyl (C=O) groups is 2. The summed E-state index contributed by atoms with van der Waals surface area (Å²) >= 11 is 0. The molecule has 0 saturated carbocycles. The van der Waals surface area contributed by atoms with Crippen molar-refractivity contribution in [2.75, 3.05) is 0 Å². The van der Waals surface area contributed by atoms with Crippen LogP contribution >= 0.6 is 0 Å². The maximum absolute atomic E-state index is 10.5. The largest absolute Gasteiger partial charge is 0.478 e. The van der Waals surface area contributed by atoms with E-state index in [1.165, 1.54) is 29.1 Å². The van der Waals surface area contributed by atoms with E-state index in [9.17, 15) is 9.59 Å². The number of primary amides is 1. The first-order valence-electron chi connectivity index (χ1n) is 3.74. The van der Waals surface area contributed by atoms with E-state index >= 15 is 0 Å². The lowest BCUT2D eigenvalue weighted by atomic mass is 10.3. The summed E-state index contributed by atoms with van der Waals surface area (Å²) in [6.45, 7) is -0.0325. The molecule has 0 aliphatic heterocycles. The van der Waals surface area contributed by atoms with Crippen molar-refractivity contribution in [3.63, 3.8) is 0 Å². The van der Waals surface area contributed by atoms with Crippen LogP contribution in [0.1, 0.15) is 10.4 Å². The maximum Gasteiger partial charge on any atom is 0.409 e. The first-order chi connectivity index (χ1) is 6.59. The van der Waals surface area contributed by atoms with Gasteiger partial charge in [-0.1, -0.05) is 0 Å². The lowest BCUT2D eigenvalue weighted by Gasteiger charge is -1.97. The molecule has 1 rings (SSSR count). The van der Waals surface area contributed by atoms with E-state index in [1.807, 2.05) is 0 Å². The minimum atomic E-state index is -1.01. The van der Waals surface area contributed by atoms with Crippen LogP contribution in [0.2, 0.25) is 0 Å². The molecular weight excluding hydrogens is 188 g/mol. The Hall–Kier alpha value is -2.11. The fourth-order valence-electron chi connectivity index (χ4n) is 0.824. The SMILES string of the molecule is NC(=O)OC[n+]1ccc(C(=O)O)cc1. The van der Waals surface area contributed by atoms with Crippen molar-refractivity contribution in [3.05, 3.63) is 30.1 Å². The zero-order chi connectivity index (χ0) is 10.6. The second-order valence-electron chi connectivity index (χ2n) is 2.50.